The highest BCUT2D eigenvalue weighted by Gasteiger charge is 2.43. The maximum atomic E-state index is 9.76. The van der Waals surface area contributed by atoms with E-state index in [2.05, 4.69) is 5.32 Å². The lowest BCUT2D eigenvalue weighted by molar-refractivity contribution is 0.138. The Hall–Kier alpha value is -1.10. The first-order valence-corrected chi connectivity index (χ1v) is 7.99. The molecule has 4 heteroatoms. The topological polar surface area (TPSA) is 61.7 Å². The highest BCUT2D eigenvalue weighted by molar-refractivity contribution is 5.33. The van der Waals surface area contributed by atoms with Crippen LogP contribution in [0.1, 0.15) is 37.7 Å². The van der Waals surface area contributed by atoms with Crippen LogP contribution < -0.4 is 10.1 Å². The molecule has 2 aliphatic carbocycles. The highest BCUT2D eigenvalue weighted by atomic mass is 16.5. The average molecular weight is 291 g/mol. The summed E-state index contributed by atoms with van der Waals surface area (Å²) in [5.41, 5.74) is 0.897. The van der Waals surface area contributed by atoms with Crippen LogP contribution in [0.15, 0.2) is 24.3 Å². The molecule has 116 valence electrons. The lowest BCUT2D eigenvalue weighted by atomic mass is 9.98. The Morgan fingerprint density at radius 2 is 2.00 bits per heavy atom. The molecule has 0 saturated heterocycles. The number of benzene rings is 1. The molecule has 1 aromatic rings. The molecule has 4 nitrogen and oxygen atoms in total. The largest absolute Gasteiger partial charge is 0.490 e. The van der Waals surface area contributed by atoms with E-state index >= 15 is 0 Å². The Morgan fingerprint density at radius 1 is 1.19 bits per heavy atom. The summed E-state index contributed by atoms with van der Waals surface area (Å²) in [6, 6.07) is 8.50. The van der Waals surface area contributed by atoms with Gasteiger partial charge in [0.15, 0.2) is 0 Å². The van der Waals surface area contributed by atoms with Crippen molar-refractivity contribution in [3.05, 3.63) is 29.8 Å². The van der Waals surface area contributed by atoms with E-state index in [0.29, 0.717) is 12.5 Å². The van der Waals surface area contributed by atoms with Crippen molar-refractivity contribution < 1.29 is 14.9 Å². The van der Waals surface area contributed by atoms with Gasteiger partial charge in [-0.1, -0.05) is 18.2 Å². The van der Waals surface area contributed by atoms with Gasteiger partial charge in [-0.3, -0.25) is 0 Å². The van der Waals surface area contributed by atoms with E-state index in [-0.39, 0.29) is 24.9 Å². The van der Waals surface area contributed by atoms with Gasteiger partial charge in [0.25, 0.3) is 0 Å². The van der Waals surface area contributed by atoms with Crippen LogP contribution in [-0.2, 0) is 6.42 Å². The Morgan fingerprint density at radius 3 is 2.71 bits per heavy atom. The van der Waals surface area contributed by atoms with Crippen LogP contribution in [0.5, 0.6) is 5.75 Å². The van der Waals surface area contributed by atoms with Gasteiger partial charge in [-0.05, 0) is 43.7 Å². The van der Waals surface area contributed by atoms with Crippen LogP contribution in [0.2, 0.25) is 0 Å². The lowest BCUT2D eigenvalue weighted by Gasteiger charge is -2.28. The molecule has 0 heterocycles. The Bertz CT molecular complexity index is 475. The highest BCUT2D eigenvalue weighted by Crippen LogP contribution is 2.36. The van der Waals surface area contributed by atoms with E-state index in [1.54, 1.807) is 0 Å². The zero-order chi connectivity index (χ0) is 14.7. The first-order chi connectivity index (χ1) is 10.2. The van der Waals surface area contributed by atoms with E-state index < -0.39 is 0 Å². The summed E-state index contributed by atoms with van der Waals surface area (Å²) in [5.74, 6) is 0.872. The second-order valence-electron chi connectivity index (χ2n) is 6.42. The number of ether oxygens (including phenoxy) is 1. The van der Waals surface area contributed by atoms with Crippen molar-refractivity contribution in [1.29, 1.82) is 0 Å². The van der Waals surface area contributed by atoms with E-state index in [4.69, 9.17) is 9.84 Å². The van der Waals surface area contributed by atoms with Crippen molar-refractivity contribution >= 4 is 0 Å². The predicted molar refractivity (Wildman–Crippen MR) is 81.5 cm³/mol. The molecule has 0 radical (unpaired) electrons. The maximum absolute atomic E-state index is 9.76. The third kappa shape index (κ3) is 3.57. The van der Waals surface area contributed by atoms with Gasteiger partial charge in [0, 0.05) is 24.6 Å². The number of nitrogens with one attached hydrogen (secondary N) is 1. The van der Waals surface area contributed by atoms with Crippen LogP contribution >= 0.6 is 0 Å². The van der Waals surface area contributed by atoms with Gasteiger partial charge in [-0.2, -0.15) is 0 Å². The molecule has 21 heavy (non-hydrogen) atoms. The summed E-state index contributed by atoms with van der Waals surface area (Å²) in [5, 5.41) is 22.5. The van der Waals surface area contributed by atoms with Gasteiger partial charge in [0.1, 0.15) is 11.9 Å². The third-order valence-electron chi connectivity index (χ3n) is 4.60. The van der Waals surface area contributed by atoms with Crippen molar-refractivity contribution in [1.82, 2.24) is 5.32 Å². The van der Waals surface area contributed by atoms with Crippen molar-refractivity contribution in [3.63, 3.8) is 0 Å². The van der Waals surface area contributed by atoms with Crippen LogP contribution in [0.25, 0.3) is 0 Å². The Labute approximate surface area is 126 Å². The van der Waals surface area contributed by atoms with Crippen LogP contribution in [0, 0.1) is 0 Å². The Balaban J connectivity index is 1.63. The molecule has 2 fully saturated rings. The molecule has 2 unspecified atom stereocenters. The number of rotatable bonds is 7. The Kier molecular flexibility index (Phi) is 4.48. The van der Waals surface area contributed by atoms with Crippen molar-refractivity contribution in [3.8, 4) is 5.75 Å². The summed E-state index contributed by atoms with van der Waals surface area (Å²) in [6.45, 7) is 0.316. The van der Waals surface area contributed by atoms with E-state index in [0.717, 1.165) is 30.6 Å². The first kappa shape index (κ1) is 14.8. The fraction of sp³-hybridized carbons (Fsp3) is 0.647. The monoisotopic (exact) mass is 291 g/mol. The molecule has 0 bridgehead atoms. The van der Waals surface area contributed by atoms with Crippen molar-refractivity contribution in [2.24, 2.45) is 0 Å². The fourth-order valence-corrected chi connectivity index (χ4v) is 3.28. The predicted octanol–water partition coefficient (Wildman–Crippen LogP) is 1.64. The van der Waals surface area contributed by atoms with Gasteiger partial charge in [-0.25, -0.2) is 0 Å². The summed E-state index contributed by atoms with van der Waals surface area (Å²) in [4.78, 5) is 0. The molecule has 0 spiro atoms. The van der Waals surface area contributed by atoms with E-state index in [9.17, 15) is 5.11 Å². The number of hydrogen-bond donors (Lipinski definition) is 3. The maximum Gasteiger partial charge on any atom is 0.122 e. The van der Waals surface area contributed by atoms with Crippen molar-refractivity contribution in [2.45, 2.75) is 56.2 Å². The SMILES string of the molecule is OCCc1ccccc1OC1CCC(CO)(NC2CC2)C1. The quantitative estimate of drug-likeness (QED) is 0.714. The number of aliphatic hydroxyl groups excluding tert-OH is 2. The molecule has 2 atom stereocenters. The first-order valence-electron chi connectivity index (χ1n) is 7.99. The average Bonchev–Trinajstić information content (AvgIpc) is 3.21. The van der Waals surface area contributed by atoms with Gasteiger partial charge in [0.05, 0.1) is 6.61 Å². The number of para-hydroxylation sites is 1. The fourth-order valence-electron chi connectivity index (χ4n) is 3.28. The van der Waals surface area contributed by atoms with Crippen LogP contribution in [0.4, 0.5) is 0 Å². The van der Waals surface area contributed by atoms with Crippen molar-refractivity contribution in [2.75, 3.05) is 13.2 Å². The second kappa shape index (κ2) is 6.34. The van der Waals surface area contributed by atoms with Gasteiger partial charge in [-0.15, -0.1) is 0 Å². The summed E-state index contributed by atoms with van der Waals surface area (Å²) < 4.78 is 6.16. The molecule has 2 aliphatic rings. The minimum absolute atomic E-state index is 0.134. The van der Waals surface area contributed by atoms with Gasteiger partial charge in [0.2, 0.25) is 0 Å². The van der Waals surface area contributed by atoms with Gasteiger partial charge < -0.3 is 20.3 Å². The standard InChI is InChI=1S/C17H25NO3/c19-10-8-13-3-1-2-4-16(13)21-15-7-9-17(11-15,12-20)18-14-5-6-14/h1-4,14-15,18-20H,5-12H2. The molecule has 1 aromatic carbocycles. The molecule has 0 amide bonds. The molecule has 2 saturated carbocycles. The summed E-state index contributed by atoms with van der Waals surface area (Å²) in [6.07, 6.45) is 6.00. The third-order valence-corrected chi connectivity index (χ3v) is 4.60. The lowest BCUT2D eigenvalue weighted by Crippen LogP contribution is -2.48. The zero-order valence-electron chi connectivity index (χ0n) is 12.4. The molecule has 0 aromatic heterocycles. The molecular formula is C17H25NO3. The van der Waals surface area contributed by atoms with E-state index in [1.165, 1.54) is 12.8 Å². The molecule has 0 aliphatic heterocycles. The zero-order valence-corrected chi connectivity index (χ0v) is 12.4. The minimum atomic E-state index is -0.155. The second-order valence-corrected chi connectivity index (χ2v) is 6.42. The normalized spacial score (nSPS) is 28.8. The van der Waals surface area contributed by atoms with Gasteiger partial charge >= 0.3 is 0 Å². The van der Waals surface area contributed by atoms with Crippen LogP contribution in [0.3, 0.4) is 0 Å². The smallest absolute Gasteiger partial charge is 0.122 e. The minimum Gasteiger partial charge on any atom is -0.490 e. The van der Waals surface area contributed by atoms with E-state index in [1.807, 2.05) is 24.3 Å². The molecule has 3 N–H and O–H groups in total. The summed E-state index contributed by atoms with van der Waals surface area (Å²) >= 11 is 0. The summed E-state index contributed by atoms with van der Waals surface area (Å²) in [7, 11) is 0. The molecule has 3 rings (SSSR count). The number of hydrogen-bond acceptors (Lipinski definition) is 4. The van der Waals surface area contributed by atoms with Crippen LogP contribution in [-0.4, -0.2) is 41.1 Å². The molecular weight excluding hydrogens is 266 g/mol. The number of aliphatic hydroxyl groups is 2.